The first kappa shape index (κ1) is 15.5. The molecule has 1 aromatic rings. The topological polar surface area (TPSA) is 49.3 Å². The van der Waals surface area contributed by atoms with Crippen molar-refractivity contribution in [1.82, 2.24) is 5.32 Å². The third-order valence-electron chi connectivity index (χ3n) is 4.01. The Kier molecular flexibility index (Phi) is 4.98. The molecule has 1 fully saturated rings. The van der Waals surface area contributed by atoms with Crippen molar-refractivity contribution in [3.63, 3.8) is 0 Å². The third kappa shape index (κ3) is 4.05. The van der Waals surface area contributed by atoms with Gasteiger partial charge >= 0.3 is 0 Å². The van der Waals surface area contributed by atoms with Crippen LogP contribution >= 0.6 is 0 Å². The standard InChI is InChI=1S/C17H20FNO2/c1-17(8-2-3-9-17)12-19-16(21)15-11-14(18)7-6-13(15)5-4-10-20/h6-7,11,20H,2-3,8-10,12H2,1H3,(H,19,21). The van der Waals surface area contributed by atoms with Crippen molar-refractivity contribution in [3.05, 3.63) is 35.1 Å². The number of aliphatic hydroxyl groups is 1. The number of amides is 1. The minimum absolute atomic E-state index is 0.139. The Hall–Kier alpha value is -1.86. The molecule has 1 aromatic carbocycles. The van der Waals surface area contributed by atoms with Crippen molar-refractivity contribution >= 4 is 5.91 Å². The van der Waals surface area contributed by atoms with E-state index >= 15 is 0 Å². The van der Waals surface area contributed by atoms with E-state index in [1.807, 2.05) is 0 Å². The number of rotatable bonds is 3. The second kappa shape index (κ2) is 6.73. The van der Waals surface area contributed by atoms with Crippen molar-refractivity contribution in [3.8, 4) is 11.8 Å². The molecule has 0 aromatic heterocycles. The summed E-state index contributed by atoms with van der Waals surface area (Å²) in [4.78, 5) is 12.3. The van der Waals surface area contributed by atoms with Gasteiger partial charge < -0.3 is 10.4 Å². The summed E-state index contributed by atoms with van der Waals surface area (Å²) in [6.45, 7) is 2.46. The monoisotopic (exact) mass is 289 g/mol. The second-order valence-electron chi connectivity index (χ2n) is 5.85. The molecule has 0 atom stereocenters. The lowest BCUT2D eigenvalue weighted by atomic mass is 9.89. The van der Waals surface area contributed by atoms with Gasteiger partial charge in [0.05, 0.1) is 5.56 Å². The molecule has 2 rings (SSSR count). The normalized spacial score (nSPS) is 16.1. The van der Waals surface area contributed by atoms with Crippen LogP contribution in [0.1, 0.15) is 48.5 Å². The zero-order chi connectivity index (χ0) is 15.3. The van der Waals surface area contributed by atoms with Crippen LogP contribution in [0.4, 0.5) is 4.39 Å². The molecule has 0 saturated heterocycles. The van der Waals surface area contributed by atoms with E-state index in [4.69, 9.17) is 5.11 Å². The molecular weight excluding hydrogens is 269 g/mol. The minimum Gasteiger partial charge on any atom is -0.384 e. The number of hydrogen-bond donors (Lipinski definition) is 2. The first-order valence-electron chi connectivity index (χ1n) is 7.22. The van der Waals surface area contributed by atoms with E-state index in [2.05, 4.69) is 24.1 Å². The molecule has 21 heavy (non-hydrogen) atoms. The highest BCUT2D eigenvalue weighted by atomic mass is 19.1. The summed E-state index contributed by atoms with van der Waals surface area (Å²) in [6.07, 6.45) is 4.60. The number of benzene rings is 1. The van der Waals surface area contributed by atoms with Crippen molar-refractivity contribution in [2.24, 2.45) is 5.41 Å². The molecule has 0 heterocycles. The van der Waals surface area contributed by atoms with Crippen molar-refractivity contribution in [1.29, 1.82) is 0 Å². The fraction of sp³-hybridized carbons (Fsp3) is 0.471. The van der Waals surface area contributed by atoms with Gasteiger partial charge in [-0.3, -0.25) is 4.79 Å². The number of nitrogens with one attached hydrogen (secondary N) is 1. The van der Waals surface area contributed by atoms with E-state index < -0.39 is 5.82 Å². The predicted octanol–water partition coefficient (Wildman–Crippen LogP) is 2.48. The van der Waals surface area contributed by atoms with Crippen LogP contribution in [0.15, 0.2) is 18.2 Å². The maximum absolute atomic E-state index is 13.4. The number of hydrogen-bond acceptors (Lipinski definition) is 2. The lowest BCUT2D eigenvalue weighted by Gasteiger charge is -2.23. The summed E-state index contributed by atoms with van der Waals surface area (Å²) in [6, 6.07) is 3.91. The SMILES string of the molecule is CC1(CNC(=O)c2cc(F)ccc2C#CCO)CCCC1. The van der Waals surface area contributed by atoms with E-state index in [-0.39, 0.29) is 23.5 Å². The molecule has 0 aliphatic heterocycles. The lowest BCUT2D eigenvalue weighted by Crippen LogP contribution is -2.34. The lowest BCUT2D eigenvalue weighted by molar-refractivity contribution is 0.0933. The van der Waals surface area contributed by atoms with Gasteiger partial charge in [0, 0.05) is 12.1 Å². The summed E-state index contributed by atoms with van der Waals surface area (Å²) < 4.78 is 13.4. The molecule has 0 unspecified atom stereocenters. The van der Waals surface area contributed by atoms with Crippen LogP contribution in [0.5, 0.6) is 0 Å². The fourth-order valence-corrected chi connectivity index (χ4v) is 2.74. The average Bonchev–Trinajstić information content (AvgIpc) is 2.91. The van der Waals surface area contributed by atoms with Crippen LogP contribution in [0.3, 0.4) is 0 Å². The van der Waals surface area contributed by atoms with E-state index in [0.717, 1.165) is 12.8 Å². The van der Waals surface area contributed by atoms with Gasteiger partial charge in [0.1, 0.15) is 12.4 Å². The molecule has 0 spiro atoms. The highest BCUT2D eigenvalue weighted by molar-refractivity contribution is 5.96. The van der Waals surface area contributed by atoms with Crippen LogP contribution < -0.4 is 5.32 Å². The maximum Gasteiger partial charge on any atom is 0.252 e. The number of carbonyl (C=O) groups is 1. The van der Waals surface area contributed by atoms with Gasteiger partial charge in [-0.25, -0.2) is 4.39 Å². The van der Waals surface area contributed by atoms with Gasteiger partial charge in [0.2, 0.25) is 0 Å². The zero-order valence-corrected chi connectivity index (χ0v) is 12.2. The van der Waals surface area contributed by atoms with Gasteiger partial charge in [-0.2, -0.15) is 0 Å². The molecule has 1 aliphatic carbocycles. The Morgan fingerprint density at radius 2 is 2.14 bits per heavy atom. The molecule has 4 heteroatoms. The Balaban J connectivity index is 2.12. The van der Waals surface area contributed by atoms with Crippen LogP contribution in [0, 0.1) is 23.1 Å². The summed E-state index contributed by atoms with van der Waals surface area (Å²) in [5, 5.41) is 11.6. The third-order valence-corrected chi connectivity index (χ3v) is 4.01. The average molecular weight is 289 g/mol. The Morgan fingerprint density at radius 1 is 1.43 bits per heavy atom. The predicted molar refractivity (Wildman–Crippen MR) is 79.3 cm³/mol. The van der Waals surface area contributed by atoms with Crippen LogP contribution in [-0.4, -0.2) is 24.2 Å². The molecule has 1 saturated carbocycles. The molecule has 2 N–H and O–H groups in total. The summed E-state index contributed by atoms with van der Waals surface area (Å²) in [5.41, 5.74) is 0.789. The molecule has 0 radical (unpaired) electrons. The zero-order valence-electron chi connectivity index (χ0n) is 12.2. The molecule has 3 nitrogen and oxygen atoms in total. The van der Waals surface area contributed by atoms with E-state index in [1.54, 1.807) is 0 Å². The fourth-order valence-electron chi connectivity index (χ4n) is 2.74. The number of carbonyl (C=O) groups excluding carboxylic acids is 1. The smallest absolute Gasteiger partial charge is 0.252 e. The van der Waals surface area contributed by atoms with Crippen molar-refractivity contribution < 1.29 is 14.3 Å². The van der Waals surface area contributed by atoms with E-state index in [0.29, 0.717) is 12.1 Å². The molecule has 1 amide bonds. The largest absolute Gasteiger partial charge is 0.384 e. The molecule has 1 aliphatic rings. The quantitative estimate of drug-likeness (QED) is 0.840. The van der Waals surface area contributed by atoms with E-state index in [1.165, 1.54) is 31.0 Å². The van der Waals surface area contributed by atoms with E-state index in [9.17, 15) is 9.18 Å². The van der Waals surface area contributed by atoms with Gasteiger partial charge in [-0.1, -0.05) is 31.6 Å². The minimum atomic E-state index is -0.471. The van der Waals surface area contributed by atoms with Gasteiger partial charge in [-0.05, 0) is 36.5 Å². The molecular formula is C17H20FNO2. The van der Waals surface area contributed by atoms with Crippen molar-refractivity contribution in [2.45, 2.75) is 32.6 Å². The molecule has 112 valence electrons. The Bertz CT molecular complexity index is 580. The van der Waals surface area contributed by atoms with Gasteiger partial charge in [0.25, 0.3) is 5.91 Å². The summed E-state index contributed by atoms with van der Waals surface area (Å²) in [7, 11) is 0. The van der Waals surface area contributed by atoms with Gasteiger partial charge in [-0.15, -0.1) is 0 Å². The first-order chi connectivity index (χ1) is 10.0. The highest BCUT2D eigenvalue weighted by Crippen LogP contribution is 2.36. The Labute approximate surface area is 124 Å². The summed E-state index contributed by atoms with van der Waals surface area (Å²) >= 11 is 0. The highest BCUT2D eigenvalue weighted by Gasteiger charge is 2.29. The molecule has 0 bridgehead atoms. The Morgan fingerprint density at radius 3 is 2.81 bits per heavy atom. The maximum atomic E-state index is 13.4. The van der Waals surface area contributed by atoms with Crippen LogP contribution in [0.2, 0.25) is 0 Å². The summed E-state index contributed by atoms with van der Waals surface area (Å²) in [5.74, 6) is 4.38. The van der Waals surface area contributed by atoms with Crippen molar-refractivity contribution in [2.75, 3.05) is 13.2 Å². The van der Waals surface area contributed by atoms with Crippen LogP contribution in [-0.2, 0) is 0 Å². The first-order valence-corrected chi connectivity index (χ1v) is 7.22. The van der Waals surface area contributed by atoms with Crippen LogP contribution in [0.25, 0.3) is 0 Å². The second-order valence-corrected chi connectivity index (χ2v) is 5.85. The van der Waals surface area contributed by atoms with Gasteiger partial charge in [0.15, 0.2) is 0 Å². The number of halogens is 1. The number of aliphatic hydroxyl groups excluding tert-OH is 1.